The van der Waals surface area contributed by atoms with Crippen LogP contribution in [0.2, 0.25) is 0 Å². The Balaban J connectivity index is 1.66. The minimum Gasteiger partial charge on any atom is -0.497 e. The topological polar surface area (TPSA) is 47.1 Å². The number of aromatic nitrogens is 2. The van der Waals surface area contributed by atoms with Crippen LogP contribution in [0.15, 0.2) is 42.5 Å². The number of methoxy groups -OCH3 is 2. The number of rotatable bonds is 4. The first-order valence-electron chi connectivity index (χ1n) is 7.65. The largest absolute Gasteiger partial charge is 0.497 e. The van der Waals surface area contributed by atoms with Gasteiger partial charge in [0.05, 0.1) is 19.9 Å². The van der Waals surface area contributed by atoms with Crippen molar-refractivity contribution in [1.29, 1.82) is 0 Å². The van der Waals surface area contributed by atoms with Gasteiger partial charge in [-0.15, -0.1) is 0 Å². The van der Waals surface area contributed by atoms with Gasteiger partial charge >= 0.3 is 0 Å². The molecule has 1 N–H and O–H groups in total. The number of hydrogen-bond donors (Lipinski definition) is 1. The van der Waals surface area contributed by atoms with Crippen LogP contribution in [0.1, 0.15) is 22.4 Å². The zero-order valence-corrected chi connectivity index (χ0v) is 13.2. The summed E-state index contributed by atoms with van der Waals surface area (Å²) in [5.41, 5.74) is 7.15. The van der Waals surface area contributed by atoms with Crippen LogP contribution in [-0.2, 0) is 12.8 Å². The number of nitrogens with one attached hydrogen (secondary N) is 1. The molecule has 116 valence electrons. The molecule has 0 radical (unpaired) electrons. The van der Waals surface area contributed by atoms with E-state index in [2.05, 4.69) is 28.4 Å². The van der Waals surface area contributed by atoms with Crippen molar-refractivity contribution in [1.82, 2.24) is 10.2 Å². The average molecular weight is 306 g/mol. The summed E-state index contributed by atoms with van der Waals surface area (Å²) in [6.45, 7) is 0. The van der Waals surface area contributed by atoms with Gasteiger partial charge in [0.1, 0.15) is 11.5 Å². The molecule has 1 aliphatic rings. The fourth-order valence-corrected chi connectivity index (χ4v) is 3.25. The molecule has 1 aliphatic carbocycles. The maximum absolute atomic E-state index is 5.49. The van der Waals surface area contributed by atoms with Gasteiger partial charge in [-0.1, -0.05) is 24.3 Å². The Kier molecular flexibility index (Phi) is 3.30. The highest BCUT2D eigenvalue weighted by molar-refractivity contribution is 5.77. The van der Waals surface area contributed by atoms with E-state index in [1.165, 1.54) is 27.9 Å². The molecule has 23 heavy (non-hydrogen) atoms. The van der Waals surface area contributed by atoms with Crippen molar-refractivity contribution in [2.45, 2.75) is 12.8 Å². The van der Waals surface area contributed by atoms with Crippen LogP contribution in [0.4, 0.5) is 0 Å². The smallest absolute Gasteiger partial charge is 0.123 e. The van der Waals surface area contributed by atoms with Gasteiger partial charge in [-0.25, -0.2) is 0 Å². The fourth-order valence-electron chi connectivity index (χ4n) is 3.25. The molecule has 0 unspecified atom stereocenters. The Bertz CT molecular complexity index is 850. The first-order chi connectivity index (χ1) is 11.3. The molecule has 4 nitrogen and oxygen atoms in total. The standard InChI is InChI=1S/C19H18N2O2/c1-22-13-8-6-12(7-9-13)10-17-16-11-15-14(19(16)21-20-17)4-3-5-18(15)23-2/h3-9H,10-11H2,1-2H3,(H,20,21). The van der Waals surface area contributed by atoms with Crippen molar-refractivity contribution in [3.8, 4) is 22.8 Å². The van der Waals surface area contributed by atoms with E-state index in [1.54, 1.807) is 14.2 Å². The Hall–Kier alpha value is -2.75. The number of ether oxygens (including phenoxy) is 2. The lowest BCUT2D eigenvalue weighted by Gasteiger charge is -2.07. The first kappa shape index (κ1) is 13.9. The van der Waals surface area contributed by atoms with Crippen molar-refractivity contribution < 1.29 is 9.47 Å². The summed E-state index contributed by atoms with van der Waals surface area (Å²) in [5.74, 6) is 1.82. The predicted molar refractivity (Wildman–Crippen MR) is 89.2 cm³/mol. The van der Waals surface area contributed by atoms with Crippen molar-refractivity contribution in [2.75, 3.05) is 14.2 Å². The minimum atomic E-state index is 0.836. The number of nitrogens with zero attached hydrogens (tertiary/aromatic N) is 1. The molecule has 4 heteroatoms. The van der Waals surface area contributed by atoms with E-state index in [1.807, 2.05) is 24.3 Å². The Labute approximate surface area is 135 Å². The molecule has 0 saturated heterocycles. The summed E-state index contributed by atoms with van der Waals surface area (Å²) >= 11 is 0. The molecule has 0 aliphatic heterocycles. The van der Waals surface area contributed by atoms with Crippen molar-refractivity contribution in [2.24, 2.45) is 0 Å². The van der Waals surface area contributed by atoms with E-state index >= 15 is 0 Å². The van der Waals surface area contributed by atoms with Gasteiger partial charge in [-0.3, -0.25) is 5.10 Å². The third-order valence-electron chi connectivity index (χ3n) is 4.45. The molecule has 4 rings (SSSR count). The molecule has 0 fully saturated rings. The highest BCUT2D eigenvalue weighted by atomic mass is 16.5. The number of H-pyrrole nitrogens is 1. The molecular formula is C19H18N2O2. The summed E-state index contributed by atoms with van der Waals surface area (Å²) in [4.78, 5) is 0. The SMILES string of the molecule is COc1ccc(Cc2[nH]nc3c2Cc2c(OC)cccc2-3)cc1. The highest BCUT2D eigenvalue weighted by Crippen LogP contribution is 2.41. The van der Waals surface area contributed by atoms with Gasteiger partial charge in [0.25, 0.3) is 0 Å². The zero-order chi connectivity index (χ0) is 15.8. The van der Waals surface area contributed by atoms with Crippen LogP contribution in [0.3, 0.4) is 0 Å². The van der Waals surface area contributed by atoms with Crippen molar-refractivity contribution in [3.05, 3.63) is 64.8 Å². The zero-order valence-electron chi connectivity index (χ0n) is 13.2. The molecule has 1 heterocycles. The fraction of sp³-hybridized carbons (Fsp3) is 0.211. The molecular weight excluding hydrogens is 288 g/mol. The second kappa shape index (κ2) is 5.47. The van der Waals surface area contributed by atoms with Gasteiger partial charge in [0.2, 0.25) is 0 Å². The summed E-state index contributed by atoms with van der Waals surface area (Å²) in [6, 6.07) is 14.3. The third kappa shape index (κ3) is 2.27. The maximum atomic E-state index is 5.49. The van der Waals surface area contributed by atoms with Crippen LogP contribution in [-0.4, -0.2) is 24.4 Å². The summed E-state index contributed by atoms with van der Waals surface area (Å²) < 4.78 is 10.7. The van der Waals surface area contributed by atoms with Crippen molar-refractivity contribution in [3.63, 3.8) is 0 Å². The minimum absolute atomic E-state index is 0.836. The number of hydrogen-bond acceptors (Lipinski definition) is 3. The molecule has 0 atom stereocenters. The van der Waals surface area contributed by atoms with Gasteiger partial charge in [0.15, 0.2) is 0 Å². The Morgan fingerprint density at radius 3 is 2.57 bits per heavy atom. The highest BCUT2D eigenvalue weighted by Gasteiger charge is 2.26. The van der Waals surface area contributed by atoms with Crippen molar-refractivity contribution >= 4 is 0 Å². The van der Waals surface area contributed by atoms with Crippen LogP contribution < -0.4 is 9.47 Å². The van der Waals surface area contributed by atoms with E-state index in [9.17, 15) is 0 Å². The van der Waals surface area contributed by atoms with Gasteiger partial charge in [0, 0.05) is 35.2 Å². The molecule has 3 aromatic rings. The predicted octanol–water partition coefficient (Wildman–Crippen LogP) is 3.59. The van der Waals surface area contributed by atoms with Gasteiger partial charge < -0.3 is 9.47 Å². The maximum Gasteiger partial charge on any atom is 0.123 e. The van der Waals surface area contributed by atoms with Crippen LogP contribution in [0, 0.1) is 0 Å². The van der Waals surface area contributed by atoms with Crippen LogP contribution in [0.25, 0.3) is 11.3 Å². The molecule has 2 aromatic carbocycles. The number of benzene rings is 2. The molecule has 0 amide bonds. The third-order valence-corrected chi connectivity index (χ3v) is 4.45. The summed E-state index contributed by atoms with van der Waals surface area (Å²) in [5, 5.41) is 7.75. The Morgan fingerprint density at radius 2 is 1.83 bits per heavy atom. The van der Waals surface area contributed by atoms with Crippen LogP contribution in [0.5, 0.6) is 11.5 Å². The van der Waals surface area contributed by atoms with Gasteiger partial charge in [-0.05, 0) is 23.8 Å². The van der Waals surface area contributed by atoms with Gasteiger partial charge in [-0.2, -0.15) is 5.10 Å². The number of aromatic amines is 1. The van der Waals surface area contributed by atoms with E-state index < -0.39 is 0 Å². The monoisotopic (exact) mass is 306 g/mol. The first-order valence-corrected chi connectivity index (χ1v) is 7.65. The summed E-state index contributed by atoms with van der Waals surface area (Å²) in [6.07, 6.45) is 1.71. The lowest BCUT2D eigenvalue weighted by Crippen LogP contribution is -1.95. The average Bonchev–Trinajstić information content (AvgIpc) is 3.15. The van der Waals surface area contributed by atoms with E-state index in [4.69, 9.17) is 9.47 Å². The lowest BCUT2D eigenvalue weighted by molar-refractivity contribution is 0.411. The second-order valence-corrected chi connectivity index (χ2v) is 5.72. The van der Waals surface area contributed by atoms with E-state index in [-0.39, 0.29) is 0 Å². The lowest BCUT2D eigenvalue weighted by atomic mass is 10.0. The number of fused-ring (bicyclic) bond motifs is 3. The van der Waals surface area contributed by atoms with E-state index in [0.717, 1.165) is 30.0 Å². The normalized spacial score (nSPS) is 11.9. The quantitative estimate of drug-likeness (QED) is 0.627. The second-order valence-electron chi connectivity index (χ2n) is 5.72. The molecule has 0 bridgehead atoms. The van der Waals surface area contributed by atoms with Crippen LogP contribution >= 0.6 is 0 Å². The molecule has 0 saturated carbocycles. The molecule has 0 spiro atoms. The molecule has 1 aromatic heterocycles. The summed E-state index contributed by atoms with van der Waals surface area (Å²) in [7, 11) is 3.40. The van der Waals surface area contributed by atoms with E-state index in [0.29, 0.717) is 0 Å². The Morgan fingerprint density at radius 1 is 1.00 bits per heavy atom.